The molecule has 0 fully saturated rings. The first-order chi connectivity index (χ1) is 6.94. The lowest BCUT2D eigenvalue weighted by Gasteiger charge is -2.18. The second-order valence-corrected chi connectivity index (χ2v) is 13.0. The summed E-state index contributed by atoms with van der Waals surface area (Å²) in [6.07, 6.45) is 1.03. The van der Waals surface area contributed by atoms with Crippen molar-refractivity contribution in [2.24, 2.45) is 0 Å². The minimum absolute atomic E-state index is 0.334. The van der Waals surface area contributed by atoms with Crippen molar-refractivity contribution in [1.82, 2.24) is 0 Å². The second-order valence-electron chi connectivity index (χ2n) is 3.77. The molecule has 0 spiro atoms. The standard InChI is InChI=1S/C11H15Cl3Si/c1-3-10-6-4-5-7-11(10)9(2)8-15(12,13)14/h4-7,9H,3,8H2,1-2H3. The van der Waals surface area contributed by atoms with Crippen molar-refractivity contribution in [2.75, 3.05) is 0 Å². The van der Waals surface area contributed by atoms with Crippen LogP contribution in [0.25, 0.3) is 0 Å². The van der Waals surface area contributed by atoms with Crippen LogP contribution in [0.15, 0.2) is 24.3 Å². The van der Waals surface area contributed by atoms with Crippen LogP contribution in [0.2, 0.25) is 6.04 Å². The Balaban J connectivity index is 2.86. The van der Waals surface area contributed by atoms with Crippen molar-refractivity contribution in [3.8, 4) is 0 Å². The Hall–Kier alpha value is 0.307. The predicted octanol–water partition coefficient (Wildman–Crippen LogP) is 5.01. The third-order valence-electron chi connectivity index (χ3n) is 2.50. The van der Waals surface area contributed by atoms with Crippen LogP contribution >= 0.6 is 33.2 Å². The Labute approximate surface area is 107 Å². The molecule has 0 radical (unpaired) electrons. The van der Waals surface area contributed by atoms with Crippen LogP contribution in [0, 0.1) is 0 Å². The minimum atomic E-state index is -2.52. The zero-order valence-corrected chi connectivity index (χ0v) is 12.2. The van der Waals surface area contributed by atoms with E-state index in [4.69, 9.17) is 33.2 Å². The van der Waals surface area contributed by atoms with Gasteiger partial charge in [-0.15, -0.1) is 33.2 Å². The summed E-state index contributed by atoms with van der Waals surface area (Å²) in [6.45, 7) is 4.28. The number of benzene rings is 1. The maximum absolute atomic E-state index is 5.94. The zero-order chi connectivity index (χ0) is 11.5. The molecule has 0 aliphatic heterocycles. The van der Waals surface area contributed by atoms with E-state index in [2.05, 4.69) is 32.0 Å². The maximum Gasteiger partial charge on any atom is 0.342 e. The Bertz CT molecular complexity index is 320. The molecule has 0 N–H and O–H groups in total. The summed E-state index contributed by atoms with van der Waals surface area (Å²) < 4.78 is 0. The summed E-state index contributed by atoms with van der Waals surface area (Å²) in [4.78, 5) is 0. The molecule has 84 valence electrons. The van der Waals surface area contributed by atoms with Gasteiger partial charge in [-0.2, -0.15) is 0 Å². The third-order valence-corrected chi connectivity index (χ3v) is 4.97. The number of aryl methyl sites for hydroxylation is 1. The highest BCUT2D eigenvalue weighted by atomic mass is 35.8. The van der Waals surface area contributed by atoms with Crippen LogP contribution in [0.3, 0.4) is 0 Å². The van der Waals surface area contributed by atoms with E-state index in [1.54, 1.807) is 0 Å². The molecule has 1 rings (SSSR count). The first kappa shape index (κ1) is 13.4. The summed E-state index contributed by atoms with van der Waals surface area (Å²) in [5.41, 5.74) is 2.67. The number of rotatable bonds is 4. The van der Waals surface area contributed by atoms with Crippen LogP contribution in [-0.2, 0) is 6.42 Å². The molecular weight excluding hydrogens is 267 g/mol. The molecule has 15 heavy (non-hydrogen) atoms. The summed E-state index contributed by atoms with van der Waals surface area (Å²) in [7, 11) is 0. The van der Waals surface area contributed by atoms with Gasteiger partial charge in [-0.25, -0.2) is 0 Å². The van der Waals surface area contributed by atoms with Crippen molar-refractivity contribution in [1.29, 1.82) is 0 Å². The fraction of sp³-hybridized carbons (Fsp3) is 0.455. The van der Waals surface area contributed by atoms with Crippen LogP contribution in [0.4, 0.5) is 0 Å². The average molecular weight is 282 g/mol. The first-order valence-corrected chi connectivity index (χ1v) is 10.3. The quantitative estimate of drug-likeness (QED) is 0.538. The van der Waals surface area contributed by atoms with Crippen molar-refractivity contribution < 1.29 is 0 Å². The van der Waals surface area contributed by atoms with Crippen LogP contribution < -0.4 is 0 Å². The Morgan fingerprint density at radius 1 is 1.20 bits per heavy atom. The molecule has 1 unspecified atom stereocenters. The van der Waals surface area contributed by atoms with Gasteiger partial charge in [0.25, 0.3) is 0 Å². The Kier molecular flexibility index (Phi) is 4.97. The number of hydrogen-bond donors (Lipinski definition) is 0. The van der Waals surface area contributed by atoms with Gasteiger partial charge in [0.15, 0.2) is 0 Å². The maximum atomic E-state index is 5.94. The van der Waals surface area contributed by atoms with Crippen molar-refractivity contribution in [3.63, 3.8) is 0 Å². The Morgan fingerprint density at radius 2 is 1.80 bits per heavy atom. The van der Waals surface area contributed by atoms with Gasteiger partial charge in [-0.3, -0.25) is 0 Å². The van der Waals surface area contributed by atoms with Gasteiger partial charge >= 0.3 is 6.00 Å². The highest BCUT2D eigenvalue weighted by molar-refractivity contribution is 7.64. The van der Waals surface area contributed by atoms with Gasteiger partial charge in [0.2, 0.25) is 0 Å². The van der Waals surface area contributed by atoms with Crippen LogP contribution in [-0.4, -0.2) is 6.00 Å². The van der Waals surface area contributed by atoms with Gasteiger partial charge < -0.3 is 0 Å². The van der Waals surface area contributed by atoms with E-state index in [1.165, 1.54) is 11.1 Å². The molecule has 0 nitrogen and oxygen atoms in total. The monoisotopic (exact) mass is 280 g/mol. The average Bonchev–Trinajstić information content (AvgIpc) is 2.15. The van der Waals surface area contributed by atoms with E-state index in [0.717, 1.165) is 6.42 Å². The molecule has 1 aromatic carbocycles. The summed E-state index contributed by atoms with van der Waals surface area (Å²) in [6, 6.07) is 6.55. The smallest absolute Gasteiger partial charge is 0.126 e. The van der Waals surface area contributed by atoms with E-state index in [0.29, 0.717) is 12.0 Å². The molecule has 0 saturated heterocycles. The zero-order valence-electron chi connectivity index (χ0n) is 8.93. The van der Waals surface area contributed by atoms with E-state index in [-0.39, 0.29) is 0 Å². The summed E-state index contributed by atoms with van der Waals surface area (Å²) >= 11 is 17.8. The SMILES string of the molecule is CCc1ccccc1C(C)C[Si](Cl)(Cl)Cl. The van der Waals surface area contributed by atoms with Crippen molar-refractivity contribution in [3.05, 3.63) is 35.4 Å². The molecule has 0 heterocycles. The van der Waals surface area contributed by atoms with Crippen LogP contribution in [0.1, 0.15) is 30.9 Å². The molecule has 0 aliphatic carbocycles. The van der Waals surface area contributed by atoms with Crippen LogP contribution in [0.5, 0.6) is 0 Å². The van der Waals surface area contributed by atoms with Gasteiger partial charge in [0.05, 0.1) is 0 Å². The summed E-state index contributed by atoms with van der Waals surface area (Å²) in [5.74, 6) is 0.334. The second kappa shape index (κ2) is 5.58. The topological polar surface area (TPSA) is 0 Å². The molecule has 0 aromatic heterocycles. The minimum Gasteiger partial charge on any atom is -0.126 e. The molecular formula is C11H15Cl3Si. The molecule has 1 aromatic rings. The fourth-order valence-corrected chi connectivity index (χ4v) is 4.79. The van der Waals surface area contributed by atoms with Gasteiger partial charge in [0, 0.05) is 0 Å². The molecule has 0 aliphatic rings. The van der Waals surface area contributed by atoms with E-state index >= 15 is 0 Å². The molecule has 0 amide bonds. The van der Waals surface area contributed by atoms with Gasteiger partial charge in [-0.05, 0) is 29.5 Å². The predicted molar refractivity (Wildman–Crippen MR) is 72.4 cm³/mol. The first-order valence-electron chi connectivity index (χ1n) is 5.08. The lowest BCUT2D eigenvalue weighted by atomic mass is 9.96. The van der Waals surface area contributed by atoms with E-state index < -0.39 is 6.00 Å². The van der Waals surface area contributed by atoms with Gasteiger partial charge in [0.1, 0.15) is 0 Å². The number of hydrogen-bond acceptors (Lipinski definition) is 0. The lowest BCUT2D eigenvalue weighted by Crippen LogP contribution is -2.13. The van der Waals surface area contributed by atoms with E-state index in [9.17, 15) is 0 Å². The van der Waals surface area contributed by atoms with Crippen molar-refractivity contribution >= 4 is 39.2 Å². The molecule has 0 saturated carbocycles. The summed E-state index contributed by atoms with van der Waals surface area (Å²) in [5, 5.41) is 0. The lowest BCUT2D eigenvalue weighted by molar-refractivity contribution is 0.838. The highest BCUT2D eigenvalue weighted by Crippen LogP contribution is 2.35. The highest BCUT2D eigenvalue weighted by Gasteiger charge is 2.28. The molecule has 1 atom stereocenters. The normalized spacial score (nSPS) is 13.9. The third kappa shape index (κ3) is 4.35. The molecule has 4 heteroatoms. The van der Waals surface area contributed by atoms with E-state index in [1.807, 2.05) is 6.07 Å². The fourth-order valence-electron chi connectivity index (χ4n) is 1.79. The Morgan fingerprint density at radius 3 is 2.33 bits per heavy atom. The number of halogens is 3. The largest absolute Gasteiger partial charge is 0.342 e. The van der Waals surface area contributed by atoms with Crippen molar-refractivity contribution in [2.45, 2.75) is 32.2 Å². The van der Waals surface area contributed by atoms with Gasteiger partial charge in [-0.1, -0.05) is 38.1 Å². The molecule has 0 bridgehead atoms.